The van der Waals surface area contributed by atoms with E-state index in [0.29, 0.717) is 42.0 Å². The van der Waals surface area contributed by atoms with Crippen molar-refractivity contribution >= 4 is 50.7 Å². The fourth-order valence-corrected chi connectivity index (χ4v) is 8.66. The number of halogens is 5. The highest BCUT2D eigenvalue weighted by Crippen LogP contribution is 2.45. The summed E-state index contributed by atoms with van der Waals surface area (Å²) in [4.78, 5) is 13.7. The Kier molecular flexibility index (Phi) is 7.20. The summed E-state index contributed by atoms with van der Waals surface area (Å²) in [6.07, 6.45) is 3.25. The highest BCUT2D eigenvalue weighted by molar-refractivity contribution is 6.38. The minimum atomic E-state index is -0.919. The van der Waals surface area contributed by atoms with Crippen LogP contribution in [-0.2, 0) is 0 Å². The predicted octanol–water partition coefficient (Wildman–Crippen LogP) is 6.88. The lowest BCUT2D eigenvalue weighted by Gasteiger charge is -2.31. The van der Waals surface area contributed by atoms with Crippen LogP contribution in [-0.4, -0.2) is 77.1 Å². The highest BCUT2D eigenvalue weighted by atomic mass is 35.5. The van der Waals surface area contributed by atoms with Gasteiger partial charge in [0.1, 0.15) is 35.7 Å². The number of hydrogen-bond acceptors (Lipinski definition) is 7. The van der Waals surface area contributed by atoms with Crippen molar-refractivity contribution in [3.8, 4) is 22.9 Å². The number of aromatic hydroxyl groups is 1. The topological polar surface area (TPSA) is 73.8 Å². The summed E-state index contributed by atoms with van der Waals surface area (Å²) in [7, 11) is 0. The van der Waals surface area contributed by atoms with E-state index < -0.39 is 23.3 Å². The van der Waals surface area contributed by atoms with Crippen molar-refractivity contribution in [1.82, 2.24) is 20.2 Å². The summed E-state index contributed by atoms with van der Waals surface area (Å²) in [5, 5.41) is 15.0. The first kappa shape index (κ1) is 29.4. The summed E-state index contributed by atoms with van der Waals surface area (Å²) in [5.74, 6) is -0.530. The number of phenols is 1. The normalized spacial score (nSPS) is 26.6. The van der Waals surface area contributed by atoms with Crippen molar-refractivity contribution in [3.05, 3.63) is 52.0 Å². The van der Waals surface area contributed by atoms with Crippen molar-refractivity contribution in [2.24, 2.45) is 5.92 Å². The Hall–Kier alpha value is -3.05. The van der Waals surface area contributed by atoms with Gasteiger partial charge in [0.2, 0.25) is 0 Å². The van der Waals surface area contributed by atoms with Gasteiger partial charge in [0, 0.05) is 48.4 Å². The third-order valence-corrected chi connectivity index (χ3v) is 10.9. The van der Waals surface area contributed by atoms with Crippen LogP contribution < -0.4 is 15.0 Å². The predicted molar refractivity (Wildman–Crippen MR) is 169 cm³/mol. The van der Waals surface area contributed by atoms with Crippen LogP contribution in [0, 0.1) is 17.6 Å². The maximum atomic E-state index is 16.9. The molecule has 4 fully saturated rings. The summed E-state index contributed by atoms with van der Waals surface area (Å²) >= 11 is 13.2. The molecule has 12 heteroatoms. The van der Waals surface area contributed by atoms with Gasteiger partial charge in [-0.1, -0.05) is 29.3 Å². The van der Waals surface area contributed by atoms with Gasteiger partial charge in [-0.3, -0.25) is 4.90 Å². The Morgan fingerprint density at radius 3 is 2.84 bits per heavy atom. The Balaban J connectivity index is 1.29. The zero-order valence-electron chi connectivity index (χ0n) is 24.4. The van der Waals surface area contributed by atoms with Gasteiger partial charge in [-0.15, -0.1) is 0 Å². The average Bonchev–Trinajstić information content (AvgIpc) is 3.64. The number of fused-ring (bicyclic) bond motifs is 5. The standard InChI is InChI=1S/C33H32Cl2F3N5O2/c34-24-11-23-30(29(38)27(24)22-10-21(44)9-18-2-3-25(37)28(35)26(18)22)40-32(45-16-33-5-1-6-43(33)14-19(36)12-33)41-31(23)42-7-4-17-8-20(15-42)39-13-17/h2-3,9-11,17,19-20,39,44H,1,4-8,12-16H2/t17?,19-,20?,33+/m1/s1. The number of benzene rings is 3. The lowest BCUT2D eigenvalue weighted by molar-refractivity contribution is 0.107. The number of hydrogen-bond donors (Lipinski definition) is 2. The van der Waals surface area contributed by atoms with Gasteiger partial charge in [-0.05, 0) is 79.9 Å². The van der Waals surface area contributed by atoms with Crippen LogP contribution in [0.25, 0.3) is 32.8 Å². The Labute approximate surface area is 268 Å². The van der Waals surface area contributed by atoms with E-state index in [2.05, 4.69) is 20.1 Å². The van der Waals surface area contributed by atoms with E-state index in [-0.39, 0.29) is 56.5 Å². The molecule has 1 aromatic heterocycles. The Morgan fingerprint density at radius 2 is 1.98 bits per heavy atom. The van der Waals surface area contributed by atoms with Gasteiger partial charge >= 0.3 is 6.01 Å². The molecule has 4 aromatic rings. The van der Waals surface area contributed by atoms with Crippen LogP contribution in [0.1, 0.15) is 32.1 Å². The molecule has 4 aliphatic heterocycles. The molecule has 0 aliphatic carbocycles. The SMILES string of the molecule is Oc1cc(-c2c(Cl)cc3c(N4CCC5CNC(C5)C4)nc(OC[C@@]45CCCN4C[C@H](F)C5)nc3c2F)c2c(Cl)c(F)ccc2c1. The summed E-state index contributed by atoms with van der Waals surface area (Å²) < 4.78 is 52.3. The number of rotatable bonds is 5. The summed E-state index contributed by atoms with van der Waals surface area (Å²) in [5.41, 5.74) is -0.384. The van der Waals surface area contributed by atoms with E-state index in [1.165, 1.54) is 24.3 Å². The van der Waals surface area contributed by atoms with Gasteiger partial charge < -0.3 is 20.1 Å². The minimum Gasteiger partial charge on any atom is -0.508 e. The zero-order chi connectivity index (χ0) is 31.0. The molecule has 2 unspecified atom stereocenters. The molecule has 2 N–H and O–H groups in total. The summed E-state index contributed by atoms with van der Waals surface area (Å²) in [6, 6.07) is 7.31. The van der Waals surface area contributed by atoms with Gasteiger partial charge in [-0.2, -0.15) is 9.97 Å². The van der Waals surface area contributed by atoms with E-state index in [0.717, 1.165) is 45.3 Å². The third-order valence-electron chi connectivity index (χ3n) is 10.2. The molecule has 4 aliphatic rings. The van der Waals surface area contributed by atoms with Crippen LogP contribution in [0.15, 0.2) is 30.3 Å². The van der Waals surface area contributed by atoms with Crippen molar-refractivity contribution in [3.63, 3.8) is 0 Å². The number of nitrogens with zero attached hydrogens (tertiary/aromatic N) is 4. The second-order valence-corrected chi connectivity index (χ2v) is 13.8. The number of alkyl halides is 1. The monoisotopic (exact) mass is 657 g/mol. The fourth-order valence-electron chi connectivity index (χ4n) is 8.09. The molecule has 0 radical (unpaired) electrons. The molecule has 4 saturated heterocycles. The molecule has 0 saturated carbocycles. The van der Waals surface area contributed by atoms with Crippen LogP contribution in [0.2, 0.25) is 10.0 Å². The molecule has 8 rings (SSSR count). The number of ether oxygens (including phenoxy) is 1. The number of aromatic nitrogens is 2. The molecule has 2 bridgehead atoms. The molecule has 3 aromatic carbocycles. The first-order valence-electron chi connectivity index (χ1n) is 15.5. The first-order chi connectivity index (χ1) is 21.7. The van der Waals surface area contributed by atoms with E-state index in [1.54, 1.807) is 6.07 Å². The van der Waals surface area contributed by atoms with Crippen molar-refractivity contribution in [2.45, 2.75) is 49.9 Å². The van der Waals surface area contributed by atoms with Gasteiger partial charge in [-0.25, -0.2) is 13.2 Å². The van der Waals surface area contributed by atoms with Gasteiger partial charge in [0.15, 0.2) is 5.82 Å². The Bertz CT molecular complexity index is 1850. The van der Waals surface area contributed by atoms with Gasteiger partial charge in [0.05, 0.1) is 15.6 Å². The van der Waals surface area contributed by atoms with E-state index >= 15 is 4.39 Å². The quantitative estimate of drug-likeness (QED) is 0.242. The maximum Gasteiger partial charge on any atom is 0.319 e. The average molecular weight is 659 g/mol. The zero-order valence-corrected chi connectivity index (χ0v) is 25.9. The molecule has 4 atom stereocenters. The smallest absolute Gasteiger partial charge is 0.319 e. The second-order valence-electron chi connectivity index (χ2n) is 13.0. The number of phenolic OH excluding ortho intramolecular Hbond substituents is 1. The van der Waals surface area contributed by atoms with Gasteiger partial charge in [0.25, 0.3) is 0 Å². The Morgan fingerprint density at radius 1 is 1.11 bits per heavy atom. The molecule has 0 spiro atoms. The molecular weight excluding hydrogens is 626 g/mol. The molecule has 0 amide bonds. The lowest BCUT2D eigenvalue weighted by Crippen LogP contribution is -2.43. The summed E-state index contributed by atoms with van der Waals surface area (Å²) in [6.45, 7) is 3.77. The third kappa shape index (κ3) is 4.96. The molecular formula is C33H32Cl2F3N5O2. The number of nitrogens with one attached hydrogen (secondary N) is 1. The number of anilines is 1. The van der Waals surface area contributed by atoms with Crippen molar-refractivity contribution in [2.75, 3.05) is 44.2 Å². The lowest BCUT2D eigenvalue weighted by atomic mass is 9.95. The van der Waals surface area contributed by atoms with E-state index in [9.17, 15) is 13.9 Å². The fraction of sp³-hybridized carbons (Fsp3) is 0.455. The van der Waals surface area contributed by atoms with E-state index in [1.807, 2.05) is 0 Å². The molecule has 7 nitrogen and oxygen atoms in total. The van der Waals surface area contributed by atoms with Crippen LogP contribution in [0.5, 0.6) is 11.8 Å². The van der Waals surface area contributed by atoms with Crippen LogP contribution in [0.3, 0.4) is 0 Å². The van der Waals surface area contributed by atoms with E-state index in [4.69, 9.17) is 32.9 Å². The second kappa shape index (κ2) is 11.0. The maximum absolute atomic E-state index is 16.9. The molecule has 5 heterocycles. The van der Waals surface area contributed by atoms with Crippen LogP contribution >= 0.6 is 23.2 Å². The largest absolute Gasteiger partial charge is 0.508 e. The first-order valence-corrected chi connectivity index (χ1v) is 16.3. The van der Waals surface area contributed by atoms with Crippen molar-refractivity contribution in [1.29, 1.82) is 0 Å². The minimum absolute atomic E-state index is 0.000384. The highest BCUT2D eigenvalue weighted by Gasteiger charge is 2.49. The molecule has 45 heavy (non-hydrogen) atoms. The van der Waals surface area contributed by atoms with Crippen LogP contribution in [0.4, 0.5) is 19.0 Å². The molecule has 236 valence electrons. The van der Waals surface area contributed by atoms with Crippen molar-refractivity contribution < 1.29 is 23.0 Å².